The molecule has 0 bridgehead atoms. The van der Waals surface area contributed by atoms with Crippen LogP contribution >= 0.6 is 34.8 Å². The summed E-state index contributed by atoms with van der Waals surface area (Å²) in [5, 5.41) is 8.16. The number of carbonyl (C=O) groups is 2. The van der Waals surface area contributed by atoms with Crippen LogP contribution in [-0.2, 0) is 57.8 Å². The number of methoxy groups -OCH3 is 1. The Bertz CT molecular complexity index is 1400. The predicted octanol–water partition coefficient (Wildman–Crippen LogP) is 5.93. The van der Waals surface area contributed by atoms with E-state index in [1.54, 1.807) is 43.5 Å². The number of ether oxygens (including phenoxy) is 7. The summed E-state index contributed by atoms with van der Waals surface area (Å²) in [6.45, 7) is 1.15. The highest BCUT2D eigenvalue weighted by molar-refractivity contribution is 6.76. The summed E-state index contributed by atoms with van der Waals surface area (Å²) in [4.78, 5) is 26.0. The Morgan fingerprint density at radius 2 is 1.29 bits per heavy atom. The lowest BCUT2D eigenvalue weighted by molar-refractivity contribution is -0.298. The SMILES string of the molecule is COc1ccc(CO[C@H]2[C@H](OCc3ccccc3)[C@@H](OC(C)=O)[C@@H](OC(=N)C(Cl)(Cl)Cl)O[C@@H]2C(=O)OCc2ccccc2)cc1. The largest absolute Gasteiger partial charge is 0.497 e. The van der Waals surface area contributed by atoms with Crippen LogP contribution in [0.15, 0.2) is 84.9 Å². The van der Waals surface area contributed by atoms with E-state index in [4.69, 9.17) is 73.4 Å². The van der Waals surface area contributed by atoms with Gasteiger partial charge in [-0.25, -0.2) is 4.79 Å². The van der Waals surface area contributed by atoms with Gasteiger partial charge in [0.1, 0.15) is 24.6 Å². The molecule has 5 atom stereocenters. The summed E-state index contributed by atoms with van der Waals surface area (Å²) in [6, 6.07) is 25.4. The lowest BCUT2D eigenvalue weighted by atomic mass is 9.97. The summed E-state index contributed by atoms with van der Waals surface area (Å²) in [5.41, 5.74) is 2.27. The van der Waals surface area contributed by atoms with Crippen molar-refractivity contribution in [2.75, 3.05) is 7.11 Å². The fourth-order valence-corrected chi connectivity index (χ4v) is 4.59. The van der Waals surface area contributed by atoms with Crippen molar-refractivity contribution in [3.05, 3.63) is 102 Å². The zero-order valence-corrected chi connectivity index (χ0v) is 26.7. The van der Waals surface area contributed by atoms with Crippen LogP contribution in [0.3, 0.4) is 0 Å². The molecule has 0 amide bonds. The van der Waals surface area contributed by atoms with Crippen molar-refractivity contribution >= 4 is 52.6 Å². The van der Waals surface area contributed by atoms with Gasteiger partial charge in [0.25, 0.3) is 3.79 Å². The molecule has 3 aromatic rings. The molecule has 0 spiro atoms. The van der Waals surface area contributed by atoms with E-state index in [2.05, 4.69) is 0 Å². The van der Waals surface area contributed by atoms with Gasteiger partial charge in [0.05, 0.1) is 20.3 Å². The molecule has 1 N–H and O–H groups in total. The molecule has 0 aliphatic carbocycles. The first kappa shape index (κ1) is 34.5. The Balaban J connectivity index is 1.70. The van der Waals surface area contributed by atoms with Crippen molar-refractivity contribution in [1.29, 1.82) is 5.41 Å². The monoisotopic (exact) mass is 679 g/mol. The Hall–Kier alpha value is -3.38. The first-order valence-electron chi connectivity index (χ1n) is 13.8. The van der Waals surface area contributed by atoms with E-state index in [0.717, 1.165) is 16.7 Å². The highest BCUT2D eigenvalue weighted by Gasteiger charge is 2.54. The standard InChI is InChI=1S/C32H32Cl3NO9/c1-20(37)43-28-26(41-17-21-9-5-3-6-10-21)25(40-18-23-13-15-24(39-2)16-14-23)27(44-30(28)45-31(36)32(33,34)35)29(38)42-19-22-11-7-4-8-12-22/h3-16,25-28,30,36H,17-19H2,1-2H3/t25-,26-,27-,28+,30+/m0/s1. The predicted molar refractivity (Wildman–Crippen MR) is 166 cm³/mol. The topological polar surface area (TPSA) is 123 Å². The molecular weight excluding hydrogens is 649 g/mol. The van der Waals surface area contributed by atoms with Crippen molar-refractivity contribution in [3.8, 4) is 5.75 Å². The first-order valence-corrected chi connectivity index (χ1v) is 14.9. The van der Waals surface area contributed by atoms with Gasteiger partial charge in [0.2, 0.25) is 12.2 Å². The van der Waals surface area contributed by atoms with Crippen molar-refractivity contribution in [1.82, 2.24) is 0 Å². The number of rotatable bonds is 12. The van der Waals surface area contributed by atoms with Crippen LogP contribution in [0.4, 0.5) is 0 Å². The van der Waals surface area contributed by atoms with Gasteiger partial charge in [-0.15, -0.1) is 0 Å². The zero-order valence-electron chi connectivity index (χ0n) is 24.4. The van der Waals surface area contributed by atoms with E-state index in [9.17, 15) is 9.59 Å². The minimum Gasteiger partial charge on any atom is -0.497 e. The molecule has 13 heteroatoms. The highest BCUT2D eigenvalue weighted by Crippen LogP contribution is 2.34. The van der Waals surface area contributed by atoms with Gasteiger partial charge in [0, 0.05) is 6.92 Å². The molecule has 1 aliphatic rings. The van der Waals surface area contributed by atoms with E-state index >= 15 is 0 Å². The third-order valence-electron chi connectivity index (χ3n) is 6.63. The van der Waals surface area contributed by atoms with Crippen LogP contribution in [0.2, 0.25) is 0 Å². The number of benzene rings is 3. The molecule has 3 aromatic carbocycles. The second kappa shape index (κ2) is 16.3. The summed E-state index contributed by atoms with van der Waals surface area (Å²) >= 11 is 17.6. The van der Waals surface area contributed by atoms with Crippen molar-refractivity contribution < 1.29 is 42.7 Å². The molecule has 1 saturated heterocycles. The van der Waals surface area contributed by atoms with Crippen LogP contribution in [0.25, 0.3) is 0 Å². The lowest BCUT2D eigenvalue weighted by Gasteiger charge is -2.44. The number of carbonyl (C=O) groups excluding carboxylic acids is 2. The maximum absolute atomic E-state index is 13.7. The minimum absolute atomic E-state index is 0.00791. The Labute approximate surface area is 275 Å². The van der Waals surface area contributed by atoms with Gasteiger partial charge in [-0.3, -0.25) is 10.2 Å². The van der Waals surface area contributed by atoms with Gasteiger partial charge in [-0.1, -0.05) is 108 Å². The average molecular weight is 681 g/mol. The second-order valence-corrected chi connectivity index (χ2v) is 12.2. The second-order valence-electron chi connectivity index (χ2n) is 9.92. The van der Waals surface area contributed by atoms with Gasteiger partial charge < -0.3 is 33.2 Å². The van der Waals surface area contributed by atoms with E-state index in [0.29, 0.717) is 5.75 Å². The Morgan fingerprint density at radius 3 is 1.82 bits per heavy atom. The van der Waals surface area contributed by atoms with E-state index < -0.39 is 52.3 Å². The van der Waals surface area contributed by atoms with E-state index in [1.165, 1.54) is 6.92 Å². The van der Waals surface area contributed by atoms with E-state index in [1.807, 2.05) is 48.5 Å². The van der Waals surface area contributed by atoms with Crippen LogP contribution < -0.4 is 4.74 Å². The molecule has 240 valence electrons. The van der Waals surface area contributed by atoms with E-state index in [-0.39, 0.29) is 19.8 Å². The quantitative estimate of drug-likeness (QED) is 0.107. The smallest absolute Gasteiger partial charge is 0.338 e. The molecule has 1 aliphatic heterocycles. The minimum atomic E-state index is -2.28. The summed E-state index contributed by atoms with van der Waals surface area (Å²) in [6.07, 6.45) is -6.83. The van der Waals surface area contributed by atoms with Crippen molar-refractivity contribution in [2.24, 2.45) is 0 Å². The number of alkyl halides is 3. The molecule has 0 aromatic heterocycles. The van der Waals surface area contributed by atoms with Gasteiger partial charge in [-0.2, -0.15) is 0 Å². The highest BCUT2D eigenvalue weighted by atomic mass is 35.6. The van der Waals surface area contributed by atoms with Crippen LogP contribution in [0, 0.1) is 5.41 Å². The fourth-order valence-electron chi connectivity index (χ4n) is 4.46. The maximum Gasteiger partial charge on any atom is 0.338 e. The number of hydrogen-bond acceptors (Lipinski definition) is 10. The molecule has 1 heterocycles. The summed E-state index contributed by atoms with van der Waals surface area (Å²) < 4.78 is 38.3. The zero-order chi connectivity index (χ0) is 32.4. The van der Waals surface area contributed by atoms with Crippen LogP contribution in [-0.4, -0.2) is 59.4 Å². The number of esters is 2. The van der Waals surface area contributed by atoms with Crippen LogP contribution in [0.1, 0.15) is 23.6 Å². The third kappa shape index (κ3) is 10.1. The molecule has 0 unspecified atom stereocenters. The Kier molecular flexibility index (Phi) is 12.5. The number of halogens is 3. The third-order valence-corrected chi connectivity index (χ3v) is 7.15. The van der Waals surface area contributed by atoms with Gasteiger partial charge >= 0.3 is 11.9 Å². The molecular formula is C32H32Cl3NO9. The summed E-state index contributed by atoms with van der Waals surface area (Å²) in [7, 11) is 1.56. The molecule has 0 saturated carbocycles. The summed E-state index contributed by atoms with van der Waals surface area (Å²) in [5.74, 6) is -1.71. The number of nitrogens with one attached hydrogen (secondary N) is 1. The van der Waals surface area contributed by atoms with Crippen molar-refractivity contribution in [2.45, 2.75) is 61.2 Å². The number of hydrogen-bond donors (Lipinski definition) is 1. The average Bonchev–Trinajstić information content (AvgIpc) is 3.03. The molecule has 0 radical (unpaired) electrons. The van der Waals surface area contributed by atoms with Gasteiger partial charge in [0.15, 0.2) is 12.2 Å². The lowest BCUT2D eigenvalue weighted by Crippen LogP contribution is -2.63. The molecule has 1 fully saturated rings. The molecule has 10 nitrogen and oxygen atoms in total. The fraction of sp³-hybridized carbons (Fsp3) is 0.344. The normalized spacial score (nSPS) is 21.4. The van der Waals surface area contributed by atoms with Crippen molar-refractivity contribution in [3.63, 3.8) is 0 Å². The molecule has 45 heavy (non-hydrogen) atoms. The van der Waals surface area contributed by atoms with Crippen LogP contribution in [0.5, 0.6) is 5.75 Å². The Morgan fingerprint density at radius 1 is 0.756 bits per heavy atom. The maximum atomic E-state index is 13.7. The first-order chi connectivity index (χ1) is 21.5. The molecule has 4 rings (SSSR count). The van der Waals surface area contributed by atoms with Gasteiger partial charge in [-0.05, 0) is 28.8 Å².